The number of hydrogen-bond donors (Lipinski definition) is 0. The molecule has 0 N–H and O–H groups in total. The smallest absolute Gasteiger partial charge is 0.167 e. The first-order valence-electron chi connectivity index (χ1n) is 5.32. The number of methoxy groups -OCH3 is 1. The van der Waals surface area contributed by atoms with Crippen LogP contribution < -0.4 is 4.74 Å². The third-order valence-corrected chi connectivity index (χ3v) is 2.95. The summed E-state index contributed by atoms with van der Waals surface area (Å²) in [6, 6.07) is 5.52. The van der Waals surface area contributed by atoms with Gasteiger partial charge in [0.25, 0.3) is 0 Å². The Morgan fingerprint density at radius 1 is 1.50 bits per heavy atom. The van der Waals surface area contributed by atoms with Crippen LogP contribution in [0.3, 0.4) is 0 Å². The molecule has 3 heteroatoms. The van der Waals surface area contributed by atoms with E-state index in [4.69, 9.17) is 4.74 Å². The van der Waals surface area contributed by atoms with Crippen LogP contribution in [0, 0.1) is 5.92 Å². The van der Waals surface area contributed by atoms with Crippen LogP contribution >= 0.6 is 0 Å². The molecule has 0 amide bonds. The van der Waals surface area contributed by atoms with Crippen molar-refractivity contribution in [3.63, 3.8) is 0 Å². The molecule has 3 nitrogen and oxygen atoms in total. The van der Waals surface area contributed by atoms with Crippen molar-refractivity contribution in [1.29, 1.82) is 0 Å². The molecule has 0 spiro atoms. The summed E-state index contributed by atoms with van der Waals surface area (Å²) in [5, 5.41) is 0. The molecule has 0 fully saturated rings. The van der Waals surface area contributed by atoms with Crippen LogP contribution in [0.25, 0.3) is 0 Å². The number of hydrogen-bond acceptors (Lipinski definition) is 3. The summed E-state index contributed by atoms with van der Waals surface area (Å²) in [6.07, 6.45) is 1.02. The van der Waals surface area contributed by atoms with Crippen molar-refractivity contribution in [1.82, 2.24) is 0 Å². The number of benzene rings is 1. The number of ether oxygens (including phenoxy) is 1. The van der Waals surface area contributed by atoms with Gasteiger partial charge in [-0.05, 0) is 31.0 Å². The Morgan fingerprint density at radius 2 is 2.25 bits per heavy atom. The van der Waals surface area contributed by atoms with E-state index in [9.17, 15) is 9.59 Å². The van der Waals surface area contributed by atoms with E-state index in [1.165, 1.54) is 6.92 Å². The lowest BCUT2D eigenvalue weighted by Gasteiger charge is -2.03. The Labute approximate surface area is 94.4 Å². The molecule has 0 saturated carbocycles. The summed E-state index contributed by atoms with van der Waals surface area (Å²) in [4.78, 5) is 23.0. The molecule has 1 aliphatic rings. The minimum absolute atomic E-state index is 0.0677. The van der Waals surface area contributed by atoms with E-state index >= 15 is 0 Å². The van der Waals surface area contributed by atoms with Gasteiger partial charge in [0.1, 0.15) is 11.5 Å². The van der Waals surface area contributed by atoms with Gasteiger partial charge < -0.3 is 9.53 Å². The van der Waals surface area contributed by atoms with Gasteiger partial charge in [0.2, 0.25) is 0 Å². The number of carbonyl (C=O) groups excluding carboxylic acids is 2. The molecule has 1 aromatic rings. The van der Waals surface area contributed by atoms with E-state index in [0.29, 0.717) is 24.2 Å². The van der Waals surface area contributed by atoms with Gasteiger partial charge in [-0.25, -0.2) is 0 Å². The summed E-state index contributed by atoms with van der Waals surface area (Å²) in [6.45, 7) is 1.52. The predicted molar refractivity (Wildman–Crippen MR) is 59.8 cm³/mol. The zero-order chi connectivity index (χ0) is 11.7. The molecule has 0 aromatic heterocycles. The van der Waals surface area contributed by atoms with Gasteiger partial charge in [-0.15, -0.1) is 0 Å². The zero-order valence-electron chi connectivity index (χ0n) is 9.45. The normalized spacial score (nSPS) is 18.4. The molecule has 84 valence electrons. The molecule has 0 aliphatic heterocycles. The largest absolute Gasteiger partial charge is 0.497 e. The molecule has 1 atom stereocenters. The first-order chi connectivity index (χ1) is 7.61. The highest BCUT2D eigenvalue weighted by molar-refractivity contribution is 6.04. The van der Waals surface area contributed by atoms with Crippen LogP contribution in [-0.4, -0.2) is 18.7 Å². The Bertz CT molecular complexity index is 448. The zero-order valence-corrected chi connectivity index (χ0v) is 9.45. The van der Waals surface area contributed by atoms with Crippen molar-refractivity contribution in [2.45, 2.75) is 19.8 Å². The molecule has 2 rings (SSSR count). The lowest BCUT2D eigenvalue weighted by molar-refractivity contribution is -0.117. The van der Waals surface area contributed by atoms with Crippen LogP contribution in [-0.2, 0) is 11.2 Å². The van der Waals surface area contributed by atoms with Gasteiger partial charge in [0.05, 0.1) is 7.11 Å². The molecule has 0 saturated heterocycles. The van der Waals surface area contributed by atoms with Crippen molar-refractivity contribution < 1.29 is 14.3 Å². The van der Waals surface area contributed by atoms with Gasteiger partial charge in [0.15, 0.2) is 5.78 Å². The maximum atomic E-state index is 12.0. The average Bonchev–Trinajstić information content (AvgIpc) is 2.55. The topological polar surface area (TPSA) is 43.4 Å². The van der Waals surface area contributed by atoms with Crippen LogP contribution in [0.15, 0.2) is 18.2 Å². The van der Waals surface area contributed by atoms with Crippen LogP contribution in [0.1, 0.15) is 29.3 Å². The number of Topliss-reactive ketones (excluding diaryl/α,β-unsaturated/α-hetero) is 2. The molecule has 1 aliphatic carbocycles. The second-order valence-electron chi connectivity index (χ2n) is 4.19. The monoisotopic (exact) mass is 218 g/mol. The van der Waals surface area contributed by atoms with Gasteiger partial charge in [-0.1, -0.05) is 6.07 Å². The maximum Gasteiger partial charge on any atom is 0.167 e. The van der Waals surface area contributed by atoms with E-state index in [1.807, 2.05) is 12.1 Å². The highest BCUT2D eigenvalue weighted by Gasteiger charge is 2.31. The quantitative estimate of drug-likeness (QED) is 0.779. The van der Waals surface area contributed by atoms with E-state index in [1.54, 1.807) is 13.2 Å². The lowest BCUT2D eigenvalue weighted by atomic mass is 9.99. The number of carbonyl (C=O) groups is 2. The van der Waals surface area contributed by atoms with Crippen molar-refractivity contribution in [3.8, 4) is 5.75 Å². The number of fused-ring (bicyclic) bond motifs is 1. The Hall–Kier alpha value is -1.64. The molecular weight excluding hydrogens is 204 g/mol. The predicted octanol–water partition coefficient (Wildman–Crippen LogP) is 2.03. The van der Waals surface area contributed by atoms with Gasteiger partial charge in [-0.2, -0.15) is 0 Å². The van der Waals surface area contributed by atoms with Crippen molar-refractivity contribution in [2.24, 2.45) is 5.92 Å². The number of ketones is 2. The molecule has 1 aromatic carbocycles. The van der Waals surface area contributed by atoms with Gasteiger partial charge in [0, 0.05) is 17.9 Å². The maximum absolute atomic E-state index is 12.0. The summed E-state index contributed by atoms with van der Waals surface area (Å²) in [7, 11) is 1.58. The van der Waals surface area contributed by atoms with Crippen LogP contribution in [0.2, 0.25) is 0 Å². The first-order valence-corrected chi connectivity index (χ1v) is 5.32. The second-order valence-corrected chi connectivity index (χ2v) is 4.19. The van der Waals surface area contributed by atoms with Crippen LogP contribution in [0.5, 0.6) is 5.75 Å². The van der Waals surface area contributed by atoms with Crippen molar-refractivity contribution in [3.05, 3.63) is 29.3 Å². The third kappa shape index (κ3) is 1.85. The van der Waals surface area contributed by atoms with E-state index in [-0.39, 0.29) is 17.5 Å². The minimum Gasteiger partial charge on any atom is -0.497 e. The molecular formula is C13H14O3. The Balaban J connectivity index is 2.28. The van der Waals surface area contributed by atoms with Crippen molar-refractivity contribution in [2.75, 3.05) is 7.11 Å². The van der Waals surface area contributed by atoms with E-state index in [2.05, 4.69) is 0 Å². The van der Waals surface area contributed by atoms with Crippen molar-refractivity contribution >= 4 is 11.6 Å². The van der Waals surface area contributed by atoms with Gasteiger partial charge >= 0.3 is 0 Å². The van der Waals surface area contributed by atoms with E-state index in [0.717, 1.165) is 5.56 Å². The minimum atomic E-state index is -0.167. The third-order valence-electron chi connectivity index (χ3n) is 2.95. The highest BCUT2D eigenvalue weighted by atomic mass is 16.5. The standard InChI is InChI=1S/C13H14O3/c1-8(14)5-10-6-9-3-4-11(16-2)7-12(9)13(10)15/h3-4,7,10H,5-6H2,1-2H3/t10-/m1/s1. The molecule has 0 radical (unpaired) electrons. The fraction of sp³-hybridized carbons (Fsp3) is 0.385. The fourth-order valence-electron chi connectivity index (χ4n) is 2.18. The summed E-state index contributed by atoms with van der Waals surface area (Å²) >= 11 is 0. The second kappa shape index (κ2) is 4.08. The Kier molecular flexibility index (Phi) is 2.77. The average molecular weight is 218 g/mol. The fourth-order valence-corrected chi connectivity index (χ4v) is 2.18. The van der Waals surface area contributed by atoms with E-state index < -0.39 is 0 Å². The summed E-state index contributed by atoms with van der Waals surface area (Å²) in [5.74, 6) is 0.664. The molecule has 0 unspecified atom stereocenters. The molecule has 0 bridgehead atoms. The highest BCUT2D eigenvalue weighted by Crippen LogP contribution is 2.31. The first kappa shape index (κ1) is 10.9. The Morgan fingerprint density at radius 3 is 2.88 bits per heavy atom. The molecule has 16 heavy (non-hydrogen) atoms. The number of rotatable bonds is 3. The summed E-state index contributed by atoms with van der Waals surface area (Å²) < 4.78 is 5.08. The lowest BCUT2D eigenvalue weighted by Crippen LogP contribution is -2.12. The van der Waals surface area contributed by atoms with Crippen LogP contribution in [0.4, 0.5) is 0 Å². The summed E-state index contributed by atoms with van der Waals surface area (Å²) in [5.41, 5.74) is 1.74. The molecule has 0 heterocycles. The van der Waals surface area contributed by atoms with Gasteiger partial charge in [-0.3, -0.25) is 4.79 Å². The SMILES string of the molecule is COc1ccc2c(c1)C(=O)[C@H](CC(C)=O)C2.